The standard InChI is InChI=1S/C28H28ClN4O.Y/c29-24-11-9-22(10-12-24)28-31-26-7-1-2-8-27(26)33(28)16-4-15-32-17-13-21(14-18-32)23-5-3-6-25(19-23)30-20-34;/h1-3,5-12,19,21H,4,13-18H2,(H,30,34);/q-1;. The number of amides is 1. The molecule has 0 atom stereocenters. The number of hydrogen-bond acceptors (Lipinski definition) is 3. The van der Waals surface area contributed by atoms with E-state index in [9.17, 15) is 4.79 Å². The zero-order valence-electron chi connectivity index (χ0n) is 19.7. The van der Waals surface area contributed by atoms with Gasteiger partial charge in [-0.15, -0.1) is 17.8 Å². The Hall–Kier alpha value is -2.05. The fourth-order valence-corrected chi connectivity index (χ4v) is 5.12. The number of nitrogens with zero attached hydrogens (tertiary/aromatic N) is 3. The molecule has 1 radical (unpaired) electrons. The number of para-hydroxylation sites is 2. The van der Waals surface area contributed by atoms with Gasteiger partial charge in [0.25, 0.3) is 0 Å². The molecule has 5 rings (SSSR count). The Morgan fingerprint density at radius 1 is 0.971 bits per heavy atom. The molecule has 7 heteroatoms. The molecule has 5 nitrogen and oxygen atoms in total. The van der Waals surface area contributed by atoms with Gasteiger partial charge in [0.1, 0.15) is 5.82 Å². The second-order valence-electron chi connectivity index (χ2n) is 8.90. The maximum atomic E-state index is 10.6. The van der Waals surface area contributed by atoms with Gasteiger partial charge in [0.15, 0.2) is 0 Å². The molecule has 0 aliphatic carbocycles. The van der Waals surface area contributed by atoms with E-state index in [0.29, 0.717) is 5.92 Å². The molecular formula is C28H28ClN4OY-. The molecular weight excluding hydrogens is 533 g/mol. The van der Waals surface area contributed by atoms with Gasteiger partial charge in [-0.05, 0) is 81.2 Å². The molecule has 1 N–H and O–H groups in total. The van der Waals surface area contributed by atoms with Gasteiger partial charge in [0.05, 0.1) is 17.4 Å². The summed E-state index contributed by atoms with van der Waals surface area (Å²) in [6, 6.07) is 24.4. The van der Waals surface area contributed by atoms with Crippen molar-refractivity contribution in [3.05, 3.63) is 83.4 Å². The van der Waals surface area contributed by atoms with Crippen molar-refractivity contribution in [1.29, 1.82) is 0 Å². The Morgan fingerprint density at radius 2 is 1.74 bits per heavy atom. The van der Waals surface area contributed by atoms with E-state index in [1.54, 1.807) is 6.41 Å². The maximum absolute atomic E-state index is 10.6. The Kier molecular flexibility index (Phi) is 9.12. The first kappa shape index (κ1) is 26.0. The minimum absolute atomic E-state index is 0. The summed E-state index contributed by atoms with van der Waals surface area (Å²) in [5.41, 5.74) is 5.41. The summed E-state index contributed by atoms with van der Waals surface area (Å²) < 4.78 is 2.34. The van der Waals surface area contributed by atoms with E-state index in [1.165, 1.54) is 11.1 Å². The van der Waals surface area contributed by atoms with E-state index in [4.69, 9.17) is 16.6 Å². The largest absolute Gasteiger partial charge is 0.490 e. The van der Waals surface area contributed by atoms with Crippen molar-refractivity contribution >= 4 is 34.7 Å². The van der Waals surface area contributed by atoms with Crippen molar-refractivity contribution in [2.75, 3.05) is 25.0 Å². The molecule has 3 aromatic carbocycles. The van der Waals surface area contributed by atoms with Crippen molar-refractivity contribution in [1.82, 2.24) is 14.5 Å². The molecule has 2 heterocycles. The second kappa shape index (κ2) is 12.3. The monoisotopic (exact) mass is 560 g/mol. The van der Waals surface area contributed by atoms with Crippen molar-refractivity contribution < 1.29 is 37.5 Å². The molecule has 1 saturated heterocycles. The first-order chi connectivity index (χ1) is 16.7. The van der Waals surface area contributed by atoms with Crippen LogP contribution in [0.25, 0.3) is 22.4 Å². The number of halogens is 1. The van der Waals surface area contributed by atoms with Crippen LogP contribution in [0.1, 0.15) is 30.7 Å². The summed E-state index contributed by atoms with van der Waals surface area (Å²) in [7, 11) is 0. The Bertz CT molecular complexity index is 1270. The molecule has 35 heavy (non-hydrogen) atoms. The molecule has 1 aliphatic heterocycles. The molecule has 1 fully saturated rings. The maximum Gasteiger partial charge on any atom is 0.141 e. The van der Waals surface area contributed by atoms with E-state index in [0.717, 1.165) is 73.1 Å². The number of carbonyl (C=O) groups excluding carboxylic acids is 1. The zero-order chi connectivity index (χ0) is 23.3. The number of nitrogens with one attached hydrogen (secondary N) is 1. The zero-order valence-corrected chi connectivity index (χ0v) is 23.3. The van der Waals surface area contributed by atoms with Crippen LogP contribution >= 0.6 is 11.6 Å². The molecule has 1 aromatic heterocycles. The topological polar surface area (TPSA) is 50.2 Å². The number of fused-ring (bicyclic) bond motifs is 1. The number of anilines is 1. The molecule has 0 bridgehead atoms. The van der Waals surface area contributed by atoms with Gasteiger partial charge in [0.2, 0.25) is 0 Å². The first-order valence-corrected chi connectivity index (χ1v) is 12.3. The molecule has 0 unspecified atom stereocenters. The number of aryl methyl sites for hydroxylation is 1. The number of piperidine rings is 1. The number of benzene rings is 3. The van der Waals surface area contributed by atoms with Crippen molar-refractivity contribution in [3.63, 3.8) is 0 Å². The van der Waals surface area contributed by atoms with Crippen LogP contribution in [0, 0.1) is 0 Å². The Labute approximate surface area is 236 Å². The molecule has 1 amide bonds. The fraction of sp³-hybridized carbons (Fsp3) is 0.286. The van der Waals surface area contributed by atoms with Gasteiger partial charge in [-0.25, -0.2) is 4.98 Å². The van der Waals surface area contributed by atoms with E-state index in [-0.39, 0.29) is 32.7 Å². The van der Waals surface area contributed by atoms with E-state index in [2.05, 4.69) is 45.1 Å². The predicted octanol–water partition coefficient (Wildman–Crippen LogP) is 6.10. The van der Waals surface area contributed by atoms with Crippen LogP contribution in [0.2, 0.25) is 5.02 Å². The molecule has 1 aliphatic rings. The smallest absolute Gasteiger partial charge is 0.141 e. The fourth-order valence-electron chi connectivity index (χ4n) is 4.99. The van der Waals surface area contributed by atoms with Gasteiger partial charge in [0, 0.05) is 49.8 Å². The summed E-state index contributed by atoms with van der Waals surface area (Å²) in [6.45, 7) is 4.18. The van der Waals surface area contributed by atoms with E-state index in [1.807, 2.05) is 42.5 Å². The molecule has 177 valence electrons. The van der Waals surface area contributed by atoms with Gasteiger partial charge in [-0.3, -0.25) is 0 Å². The van der Waals surface area contributed by atoms with Crippen molar-refractivity contribution in [2.45, 2.75) is 31.7 Å². The number of likely N-dealkylation sites (tertiary alicyclic amines) is 1. The summed E-state index contributed by atoms with van der Waals surface area (Å²) in [4.78, 5) is 18.1. The summed E-state index contributed by atoms with van der Waals surface area (Å²) in [5, 5.41) is 3.37. The van der Waals surface area contributed by atoms with Crippen LogP contribution in [0.15, 0.2) is 72.8 Å². The second-order valence-corrected chi connectivity index (χ2v) is 9.34. The molecule has 4 aromatic rings. The van der Waals surface area contributed by atoms with Gasteiger partial charge >= 0.3 is 0 Å². The van der Waals surface area contributed by atoms with Crippen LogP contribution in [0.5, 0.6) is 0 Å². The number of imidazole rings is 1. The average Bonchev–Trinajstić information content (AvgIpc) is 3.24. The van der Waals surface area contributed by atoms with Crippen LogP contribution in [0.3, 0.4) is 0 Å². The van der Waals surface area contributed by atoms with Gasteiger partial charge < -0.3 is 19.6 Å². The van der Waals surface area contributed by atoms with Gasteiger partial charge in [-0.2, -0.15) is 0 Å². The van der Waals surface area contributed by atoms with E-state index < -0.39 is 0 Å². The first-order valence-electron chi connectivity index (χ1n) is 11.9. The van der Waals surface area contributed by atoms with Crippen molar-refractivity contribution in [2.24, 2.45) is 0 Å². The SMILES string of the molecule is O=[C-]Nc1cccc(C2CCN(CCCn3c(-c4ccc(Cl)cc4)nc4ccccc43)CC2)c1.[Y]. The van der Waals surface area contributed by atoms with E-state index >= 15 is 0 Å². The normalized spacial score (nSPS) is 14.5. The van der Waals surface area contributed by atoms with Gasteiger partial charge in [-0.1, -0.05) is 41.4 Å². The van der Waals surface area contributed by atoms with Crippen LogP contribution in [-0.2, 0) is 44.0 Å². The summed E-state index contributed by atoms with van der Waals surface area (Å²) in [6.07, 6.45) is 5.11. The summed E-state index contributed by atoms with van der Waals surface area (Å²) >= 11 is 6.11. The van der Waals surface area contributed by atoms with Crippen molar-refractivity contribution in [3.8, 4) is 11.4 Å². The third-order valence-corrected chi connectivity index (χ3v) is 7.01. The summed E-state index contributed by atoms with van der Waals surface area (Å²) in [5.74, 6) is 1.54. The van der Waals surface area contributed by atoms with Crippen LogP contribution < -0.4 is 5.32 Å². The minimum atomic E-state index is 0. The third-order valence-electron chi connectivity index (χ3n) is 6.75. The molecule has 0 saturated carbocycles. The average molecular weight is 561 g/mol. The Balaban J connectivity index is 0.00000289. The minimum Gasteiger partial charge on any atom is -0.490 e. The number of hydrogen-bond donors (Lipinski definition) is 1. The number of aromatic nitrogens is 2. The number of rotatable bonds is 8. The molecule has 0 spiro atoms. The quantitative estimate of drug-likeness (QED) is 0.209. The van der Waals surface area contributed by atoms with Crippen LogP contribution in [-0.4, -0.2) is 40.5 Å². The predicted molar refractivity (Wildman–Crippen MR) is 139 cm³/mol. The van der Waals surface area contributed by atoms with Crippen LogP contribution in [0.4, 0.5) is 5.69 Å². The third kappa shape index (κ3) is 6.21. The Morgan fingerprint density at radius 3 is 2.51 bits per heavy atom.